The highest BCUT2D eigenvalue weighted by Gasteiger charge is 2.06. The lowest BCUT2D eigenvalue weighted by Gasteiger charge is -1.99. The third-order valence-corrected chi connectivity index (χ3v) is 1.34. The minimum Gasteiger partial charge on any atom is -0.618 e. The molecule has 58 valence electrons. The lowest BCUT2D eigenvalue weighted by molar-refractivity contribution is -0.613. The van der Waals surface area contributed by atoms with Crippen LogP contribution in [0, 0.1) is 12.1 Å². The normalized spacial score (nSPS) is 9.64. The molecule has 4 heteroatoms. The Morgan fingerprint density at radius 1 is 1.73 bits per heavy atom. The van der Waals surface area contributed by atoms with Gasteiger partial charge in [0, 0.05) is 13.8 Å². The SMILES string of the molecule is CC(=O)c1c[n+]([O-])c(C)cn1. The molecule has 0 aliphatic carbocycles. The second kappa shape index (κ2) is 2.65. The first-order chi connectivity index (χ1) is 5.11. The van der Waals surface area contributed by atoms with Gasteiger partial charge in [0.15, 0.2) is 11.5 Å². The molecule has 1 heterocycles. The lowest BCUT2D eigenvalue weighted by Crippen LogP contribution is -2.31. The van der Waals surface area contributed by atoms with Gasteiger partial charge in [-0.1, -0.05) is 0 Å². The van der Waals surface area contributed by atoms with E-state index < -0.39 is 0 Å². The Morgan fingerprint density at radius 2 is 2.36 bits per heavy atom. The van der Waals surface area contributed by atoms with Crippen LogP contribution in [0.25, 0.3) is 0 Å². The van der Waals surface area contributed by atoms with Crippen molar-refractivity contribution in [2.24, 2.45) is 0 Å². The highest BCUT2D eigenvalue weighted by Crippen LogP contribution is 1.92. The summed E-state index contributed by atoms with van der Waals surface area (Å²) in [4.78, 5) is 14.5. The van der Waals surface area contributed by atoms with E-state index in [-0.39, 0.29) is 11.5 Å². The van der Waals surface area contributed by atoms with Crippen molar-refractivity contribution in [2.45, 2.75) is 13.8 Å². The summed E-state index contributed by atoms with van der Waals surface area (Å²) < 4.78 is 0.629. The van der Waals surface area contributed by atoms with Crippen LogP contribution < -0.4 is 4.73 Å². The van der Waals surface area contributed by atoms with E-state index in [1.165, 1.54) is 19.3 Å². The number of ketones is 1. The molecule has 0 radical (unpaired) electrons. The zero-order valence-corrected chi connectivity index (χ0v) is 6.37. The number of hydrogen-bond donors (Lipinski definition) is 0. The molecule has 0 saturated heterocycles. The van der Waals surface area contributed by atoms with Gasteiger partial charge in [-0.2, -0.15) is 4.73 Å². The molecule has 11 heavy (non-hydrogen) atoms. The van der Waals surface area contributed by atoms with Gasteiger partial charge in [-0.05, 0) is 0 Å². The highest BCUT2D eigenvalue weighted by molar-refractivity contribution is 5.91. The van der Waals surface area contributed by atoms with Crippen LogP contribution in [-0.2, 0) is 0 Å². The van der Waals surface area contributed by atoms with Crippen molar-refractivity contribution in [2.75, 3.05) is 0 Å². The van der Waals surface area contributed by atoms with Gasteiger partial charge in [0.1, 0.15) is 0 Å². The molecule has 0 atom stereocenters. The Morgan fingerprint density at radius 3 is 2.82 bits per heavy atom. The second-order valence-electron chi connectivity index (χ2n) is 2.30. The van der Waals surface area contributed by atoms with Crippen molar-refractivity contribution >= 4 is 5.78 Å². The minimum atomic E-state index is -0.199. The standard InChI is InChI=1S/C7H8N2O2/c1-5-3-8-7(6(2)10)4-9(5)11/h3-4H,1-2H3. The Labute approximate surface area is 64.1 Å². The number of rotatable bonds is 1. The van der Waals surface area contributed by atoms with Crippen LogP contribution in [0.3, 0.4) is 0 Å². The highest BCUT2D eigenvalue weighted by atomic mass is 16.5. The van der Waals surface area contributed by atoms with Gasteiger partial charge < -0.3 is 5.21 Å². The fraction of sp³-hybridized carbons (Fsp3) is 0.286. The summed E-state index contributed by atoms with van der Waals surface area (Å²) >= 11 is 0. The summed E-state index contributed by atoms with van der Waals surface area (Å²) in [5, 5.41) is 10.9. The smallest absolute Gasteiger partial charge is 0.210 e. The first-order valence-electron chi connectivity index (χ1n) is 3.18. The quantitative estimate of drug-likeness (QED) is 0.328. The predicted molar refractivity (Wildman–Crippen MR) is 37.9 cm³/mol. The van der Waals surface area contributed by atoms with E-state index in [0.717, 1.165) is 0 Å². The molecule has 1 rings (SSSR count). The molecule has 0 unspecified atom stereocenters. The van der Waals surface area contributed by atoms with Gasteiger partial charge in [-0.15, -0.1) is 0 Å². The summed E-state index contributed by atoms with van der Waals surface area (Å²) in [5.74, 6) is -0.199. The first-order valence-corrected chi connectivity index (χ1v) is 3.18. The van der Waals surface area contributed by atoms with E-state index in [1.54, 1.807) is 6.92 Å². The fourth-order valence-corrected chi connectivity index (χ4v) is 0.648. The maximum Gasteiger partial charge on any atom is 0.210 e. The van der Waals surface area contributed by atoms with Crippen LogP contribution in [0.15, 0.2) is 12.4 Å². The van der Waals surface area contributed by atoms with E-state index in [4.69, 9.17) is 0 Å². The maximum atomic E-state index is 10.9. The monoisotopic (exact) mass is 152 g/mol. The van der Waals surface area contributed by atoms with Gasteiger partial charge in [0.2, 0.25) is 11.9 Å². The van der Waals surface area contributed by atoms with E-state index in [1.807, 2.05) is 0 Å². The Hall–Kier alpha value is -1.45. The van der Waals surface area contributed by atoms with Gasteiger partial charge in [-0.25, -0.2) is 4.98 Å². The number of hydrogen-bond acceptors (Lipinski definition) is 3. The van der Waals surface area contributed by atoms with Crippen molar-refractivity contribution in [1.29, 1.82) is 0 Å². The van der Waals surface area contributed by atoms with Crippen LogP contribution in [-0.4, -0.2) is 10.8 Å². The molecule has 1 aromatic rings. The zero-order chi connectivity index (χ0) is 8.43. The van der Waals surface area contributed by atoms with Crippen molar-refractivity contribution in [3.05, 3.63) is 29.0 Å². The van der Waals surface area contributed by atoms with Gasteiger partial charge in [0.05, 0.1) is 6.20 Å². The van der Waals surface area contributed by atoms with E-state index >= 15 is 0 Å². The number of carbonyl (C=O) groups excluding carboxylic acids is 1. The van der Waals surface area contributed by atoms with Crippen LogP contribution in [0.1, 0.15) is 23.1 Å². The number of aromatic nitrogens is 2. The van der Waals surface area contributed by atoms with Crippen LogP contribution >= 0.6 is 0 Å². The average Bonchev–Trinajstić information content (AvgIpc) is 1.94. The second-order valence-corrected chi connectivity index (χ2v) is 2.30. The molecule has 0 aromatic carbocycles. The third kappa shape index (κ3) is 1.52. The minimum absolute atomic E-state index is 0.199. The van der Waals surface area contributed by atoms with Crippen molar-refractivity contribution in [3.63, 3.8) is 0 Å². The number of Topliss-reactive ketones (excluding diaryl/α,β-unsaturated/α-hetero) is 1. The average molecular weight is 152 g/mol. The molecular weight excluding hydrogens is 144 g/mol. The van der Waals surface area contributed by atoms with Gasteiger partial charge in [-0.3, -0.25) is 4.79 Å². The molecule has 0 aliphatic heterocycles. The molecular formula is C7H8N2O2. The van der Waals surface area contributed by atoms with Gasteiger partial charge >= 0.3 is 0 Å². The summed E-state index contributed by atoms with van der Waals surface area (Å²) in [7, 11) is 0. The van der Waals surface area contributed by atoms with Crippen LogP contribution in [0.2, 0.25) is 0 Å². The molecule has 4 nitrogen and oxygen atoms in total. The topological polar surface area (TPSA) is 56.9 Å². The number of carbonyl (C=O) groups is 1. The molecule has 0 N–H and O–H groups in total. The maximum absolute atomic E-state index is 10.9. The number of nitrogens with zero attached hydrogens (tertiary/aromatic N) is 2. The summed E-state index contributed by atoms with van der Waals surface area (Å²) in [6, 6.07) is 0. The third-order valence-electron chi connectivity index (χ3n) is 1.34. The molecule has 0 bridgehead atoms. The first kappa shape index (κ1) is 7.65. The molecule has 0 saturated carbocycles. The van der Waals surface area contributed by atoms with Crippen molar-refractivity contribution in [1.82, 2.24) is 4.98 Å². The largest absolute Gasteiger partial charge is 0.618 e. The molecule has 0 fully saturated rings. The molecule has 0 spiro atoms. The molecule has 0 aliphatic rings. The molecule has 0 amide bonds. The molecule has 1 aromatic heterocycles. The van der Waals surface area contributed by atoms with Gasteiger partial charge in [0.25, 0.3) is 0 Å². The van der Waals surface area contributed by atoms with Crippen molar-refractivity contribution in [3.8, 4) is 0 Å². The fourth-order valence-electron chi connectivity index (χ4n) is 0.648. The van der Waals surface area contributed by atoms with E-state index in [2.05, 4.69) is 4.98 Å². The predicted octanol–water partition coefficient (Wildman–Crippen LogP) is 0.226. The van der Waals surface area contributed by atoms with Crippen LogP contribution in [0.5, 0.6) is 0 Å². The Kier molecular flexibility index (Phi) is 1.85. The summed E-state index contributed by atoms with van der Waals surface area (Å²) in [5.41, 5.74) is 0.681. The number of aryl methyl sites for hydroxylation is 1. The van der Waals surface area contributed by atoms with Crippen molar-refractivity contribution < 1.29 is 9.52 Å². The van der Waals surface area contributed by atoms with Crippen LogP contribution in [0.4, 0.5) is 0 Å². The lowest BCUT2D eigenvalue weighted by atomic mass is 10.3. The van der Waals surface area contributed by atoms with E-state index in [9.17, 15) is 10.0 Å². The van der Waals surface area contributed by atoms with E-state index in [0.29, 0.717) is 10.4 Å². The Bertz CT molecular complexity index is 296. The zero-order valence-electron chi connectivity index (χ0n) is 6.37. The Balaban J connectivity index is 3.15. The summed E-state index contributed by atoms with van der Waals surface area (Å²) in [6.45, 7) is 3.00. The summed E-state index contributed by atoms with van der Waals surface area (Å²) in [6.07, 6.45) is 2.56.